The van der Waals surface area contributed by atoms with Crippen LogP contribution in [0.3, 0.4) is 0 Å². The third kappa shape index (κ3) is 4.37. The van der Waals surface area contributed by atoms with Crippen molar-refractivity contribution in [1.82, 2.24) is 9.97 Å². The zero-order chi connectivity index (χ0) is 24.8. The third-order valence-corrected chi connectivity index (χ3v) is 8.57. The van der Waals surface area contributed by atoms with Crippen LogP contribution in [0.1, 0.15) is 0 Å². The Hall–Kier alpha value is -3.63. The smallest absolute Gasteiger partial charge is 0 e. The minimum absolute atomic E-state index is 0. The molecule has 0 amide bonds. The second-order valence-corrected chi connectivity index (χ2v) is 10.9. The topological polar surface area (TPSA) is 44.7 Å². The number of nitrogens with zero attached hydrogens (tertiary/aromatic N) is 5. The van der Waals surface area contributed by atoms with E-state index >= 15 is 0 Å². The fourth-order valence-corrected chi connectivity index (χ4v) is 6.64. The molecule has 0 fully saturated rings. The number of aromatic nitrogens is 2. The van der Waals surface area contributed by atoms with Crippen LogP contribution >= 0.6 is 0 Å². The molecule has 8 heteroatoms. The van der Waals surface area contributed by atoms with Crippen molar-refractivity contribution in [3.8, 4) is 11.5 Å². The first kappa shape index (κ1) is 24.7. The molecule has 0 saturated carbocycles. The fraction of sp³-hybridized carbons (Fsp3) is 0.0333. The predicted molar refractivity (Wildman–Crippen MR) is 147 cm³/mol. The van der Waals surface area contributed by atoms with E-state index in [4.69, 9.17) is 4.74 Å². The number of rotatable bonds is 4. The third-order valence-electron chi connectivity index (χ3n) is 6.23. The van der Waals surface area contributed by atoms with Crippen LogP contribution in [0.2, 0.25) is 0 Å². The molecule has 190 valence electrons. The zero-order valence-corrected chi connectivity index (χ0v) is 24.2. The van der Waals surface area contributed by atoms with Crippen molar-refractivity contribution in [3.63, 3.8) is 0 Å². The molecule has 0 atom stereocenters. The first-order valence-electron chi connectivity index (χ1n) is 11.8. The van der Waals surface area contributed by atoms with Crippen molar-refractivity contribution < 1.29 is 25.8 Å². The molecule has 0 N–H and O–H groups in total. The van der Waals surface area contributed by atoms with Crippen molar-refractivity contribution in [2.24, 2.45) is 0 Å². The number of para-hydroxylation sites is 2. The molecule has 0 unspecified atom stereocenters. The molecular weight excluding hydrogens is 720 g/mol. The van der Waals surface area contributed by atoms with E-state index in [0.717, 1.165) is 34.3 Å². The molecule has 0 spiro atoms. The molecule has 6 nitrogen and oxygen atoms in total. The van der Waals surface area contributed by atoms with Crippen LogP contribution in [0.25, 0.3) is 0 Å². The molecule has 3 aromatic carbocycles. The first-order chi connectivity index (χ1) is 18.2. The normalized spacial score (nSPS) is 13.3. The Morgan fingerprint density at radius 3 is 2.50 bits per heavy atom. The van der Waals surface area contributed by atoms with Gasteiger partial charge in [-0.1, -0.05) is 6.07 Å². The summed E-state index contributed by atoms with van der Waals surface area (Å²) < 4.78 is 8.79. The van der Waals surface area contributed by atoms with E-state index in [2.05, 4.69) is 67.7 Å². The van der Waals surface area contributed by atoms with Crippen molar-refractivity contribution >= 4 is 58.1 Å². The summed E-state index contributed by atoms with van der Waals surface area (Å²) in [6, 6.07) is 33.3. The Morgan fingerprint density at radius 2 is 1.63 bits per heavy atom. The summed E-state index contributed by atoms with van der Waals surface area (Å²) in [5.41, 5.74) is 5.14. The van der Waals surface area contributed by atoms with Gasteiger partial charge in [-0.15, -0.1) is 0 Å². The van der Waals surface area contributed by atoms with Crippen LogP contribution in [-0.2, 0) is 21.1 Å². The van der Waals surface area contributed by atoms with Gasteiger partial charge in [0.1, 0.15) is 0 Å². The summed E-state index contributed by atoms with van der Waals surface area (Å²) in [6.07, 6.45) is 5.55. The molecule has 0 radical (unpaired) electrons. The van der Waals surface area contributed by atoms with Gasteiger partial charge < -0.3 is 0 Å². The van der Waals surface area contributed by atoms with Gasteiger partial charge >= 0.3 is 216 Å². The van der Waals surface area contributed by atoms with E-state index in [-0.39, 0.29) is 36.0 Å². The average Bonchev–Trinajstić information content (AvgIpc) is 3.29. The molecule has 2 aliphatic rings. The first-order valence-corrected chi connectivity index (χ1v) is 13.5. The molecule has 4 heterocycles. The molecule has 2 aliphatic heterocycles. The van der Waals surface area contributed by atoms with E-state index in [1.165, 1.54) is 8.92 Å². The van der Waals surface area contributed by atoms with Crippen LogP contribution in [0.4, 0.5) is 34.3 Å². The maximum Gasteiger partial charge on any atom is 0 e. The van der Waals surface area contributed by atoms with Gasteiger partial charge in [0.2, 0.25) is 0 Å². The van der Waals surface area contributed by atoms with Crippen LogP contribution < -0.4 is 28.4 Å². The van der Waals surface area contributed by atoms with Gasteiger partial charge in [-0.25, -0.2) is 0 Å². The van der Waals surface area contributed by atoms with Crippen molar-refractivity contribution in [3.05, 3.63) is 116 Å². The molecule has 0 aliphatic carbocycles. The van der Waals surface area contributed by atoms with Crippen LogP contribution in [-0.4, -0.2) is 32.0 Å². The maximum absolute atomic E-state index is 6.31. The second kappa shape index (κ2) is 10.3. The van der Waals surface area contributed by atoms with E-state index in [0.29, 0.717) is 11.5 Å². The minimum atomic E-state index is 0. The van der Waals surface area contributed by atoms with Gasteiger partial charge in [0.05, 0.1) is 0 Å². The maximum atomic E-state index is 6.31. The van der Waals surface area contributed by atoms with E-state index < -0.39 is 0 Å². The standard InChI is InChI=1S/C30H20N5OSe.Pt/c1-33-20-34(25-10-3-2-9-24(25)33)21-7-6-8-22(17-21)36-23-12-13-28-26(18-23)35(30-11-4-5-15-32-30)27-19-31-16-14-29(27)37-28;/h2-16,19-20H,1H3;/q-3;. The molecular formula is C30H20N5OPtSe-3. The quantitative estimate of drug-likeness (QED) is 0.187. The zero-order valence-electron chi connectivity index (χ0n) is 20.2. The molecule has 0 bridgehead atoms. The Morgan fingerprint density at radius 1 is 0.789 bits per heavy atom. The number of hydrogen-bond donors (Lipinski definition) is 0. The molecule has 38 heavy (non-hydrogen) atoms. The summed E-state index contributed by atoms with van der Waals surface area (Å²) in [7, 11) is 2.05. The summed E-state index contributed by atoms with van der Waals surface area (Å²) in [5, 5.41) is 0. The number of ether oxygens (including phenoxy) is 1. The van der Waals surface area contributed by atoms with Crippen LogP contribution in [0, 0.1) is 18.8 Å². The monoisotopic (exact) mass is 741 g/mol. The van der Waals surface area contributed by atoms with Crippen LogP contribution in [0.15, 0.2) is 97.5 Å². The SMILES string of the molecule is CN1[CH-]N(c2[c-]c(Oc3[c-]c4c(cc3)[Se]c3ccncc3N4c3ccccn3)ccc2)c2ccccc21.[Pt]. The number of pyridine rings is 2. The Kier molecular flexibility index (Phi) is 6.67. The fourth-order valence-electron chi connectivity index (χ4n) is 4.56. The van der Waals surface area contributed by atoms with Crippen LogP contribution in [0.5, 0.6) is 11.5 Å². The molecule has 2 aromatic heterocycles. The average molecular weight is 741 g/mol. The number of hydrogen-bond acceptors (Lipinski definition) is 6. The Labute approximate surface area is 242 Å². The van der Waals surface area contributed by atoms with E-state index in [1.807, 2.05) is 74.0 Å². The Balaban J connectivity index is 0.00000264. The molecule has 5 aromatic rings. The minimum Gasteiger partial charge on any atom is 0 e. The number of anilines is 6. The van der Waals surface area contributed by atoms with Gasteiger partial charge in [-0.3, -0.25) is 0 Å². The van der Waals surface area contributed by atoms with Crippen molar-refractivity contribution in [2.75, 3.05) is 21.7 Å². The van der Waals surface area contributed by atoms with E-state index in [9.17, 15) is 0 Å². The largest absolute Gasteiger partial charge is 0 e. The van der Waals surface area contributed by atoms with Crippen molar-refractivity contribution in [2.45, 2.75) is 0 Å². The molecule has 7 rings (SSSR count). The van der Waals surface area contributed by atoms with Crippen molar-refractivity contribution in [1.29, 1.82) is 0 Å². The van der Waals surface area contributed by atoms with Gasteiger partial charge in [0.15, 0.2) is 0 Å². The molecule has 0 saturated heterocycles. The summed E-state index contributed by atoms with van der Waals surface area (Å²) >= 11 is 0.130. The Bertz CT molecular complexity index is 1620. The van der Waals surface area contributed by atoms with E-state index in [1.54, 1.807) is 6.20 Å². The summed E-state index contributed by atoms with van der Waals surface area (Å²) in [4.78, 5) is 15.3. The number of benzene rings is 3. The summed E-state index contributed by atoms with van der Waals surface area (Å²) in [6.45, 7) is 2.06. The number of fused-ring (bicyclic) bond motifs is 3. The van der Waals surface area contributed by atoms with Gasteiger partial charge in [0.25, 0.3) is 0 Å². The van der Waals surface area contributed by atoms with Gasteiger partial charge in [0, 0.05) is 21.1 Å². The predicted octanol–water partition coefficient (Wildman–Crippen LogP) is 5.01. The summed E-state index contributed by atoms with van der Waals surface area (Å²) in [5.74, 6) is 2.07. The second-order valence-electron chi connectivity index (χ2n) is 8.59. The van der Waals surface area contributed by atoms with Gasteiger partial charge in [-0.05, 0) is 0 Å². The van der Waals surface area contributed by atoms with Gasteiger partial charge in [-0.2, -0.15) is 0 Å².